The summed E-state index contributed by atoms with van der Waals surface area (Å²) in [5, 5.41) is 12.1. The van der Waals surface area contributed by atoms with Crippen LogP contribution < -0.4 is 5.32 Å². The molecule has 0 aromatic heterocycles. The van der Waals surface area contributed by atoms with Crippen molar-refractivity contribution in [1.29, 1.82) is 0 Å². The van der Waals surface area contributed by atoms with E-state index in [9.17, 15) is 4.79 Å². The van der Waals surface area contributed by atoms with Crippen molar-refractivity contribution in [1.82, 2.24) is 5.32 Å². The average Bonchev–Trinajstić information content (AvgIpc) is 2.32. The van der Waals surface area contributed by atoms with Crippen LogP contribution >= 0.6 is 0 Å². The maximum absolute atomic E-state index is 11.6. The summed E-state index contributed by atoms with van der Waals surface area (Å²) < 4.78 is 0. The van der Waals surface area contributed by atoms with Gasteiger partial charge in [-0.3, -0.25) is 4.79 Å². The highest BCUT2D eigenvalue weighted by atomic mass is 16.3. The van der Waals surface area contributed by atoms with Crippen LogP contribution in [0.25, 0.3) is 0 Å². The smallest absolute Gasteiger partial charge is 0.220 e. The van der Waals surface area contributed by atoms with Crippen molar-refractivity contribution in [3.63, 3.8) is 0 Å². The minimum absolute atomic E-state index is 0.112. The molecule has 0 spiro atoms. The number of carbonyl (C=O) groups excluding carboxylic acids is 1. The molecule has 0 atom stereocenters. The van der Waals surface area contributed by atoms with Crippen LogP contribution in [0, 0.1) is 11.8 Å². The number of aliphatic hydroxyl groups excluding tert-OH is 1. The zero-order valence-corrected chi connectivity index (χ0v) is 10.7. The Labute approximate surface area is 104 Å². The molecule has 2 fully saturated rings. The van der Waals surface area contributed by atoms with Gasteiger partial charge in [-0.05, 0) is 31.1 Å². The molecule has 3 heteroatoms. The van der Waals surface area contributed by atoms with Crippen LogP contribution in [0.4, 0.5) is 0 Å². The fourth-order valence-electron chi connectivity index (χ4n) is 3.02. The van der Waals surface area contributed by atoms with Gasteiger partial charge in [0.25, 0.3) is 0 Å². The molecule has 2 rings (SSSR count). The van der Waals surface area contributed by atoms with Crippen molar-refractivity contribution in [2.75, 3.05) is 6.54 Å². The van der Waals surface area contributed by atoms with Crippen LogP contribution in [0.3, 0.4) is 0 Å². The summed E-state index contributed by atoms with van der Waals surface area (Å²) in [6, 6.07) is 0. The summed E-state index contributed by atoms with van der Waals surface area (Å²) in [5.74, 6) is 1.51. The third-order valence-electron chi connectivity index (χ3n) is 4.30. The SMILES string of the molecule is O=C(CCC1CCCCC1)NCC1CC(O)C1. The molecule has 0 aliphatic heterocycles. The lowest BCUT2D eigenvalue weighted by molar-refractivity contribution is -0.122. The van der Waals surface area contributed by atoms with E-state index < -0.39 is 0 Å². The summed E-state index contributed by atoms with van der Waals surface area (Å²) in [6.07, 6.45) is 10.1. The van der Waals surface area contributed by atoms with Crippen LogP contribution in [0.2, 0.25) is 0 Å². The maximum atomic E-state index is 11.6. The molecule has 3 nitrogen and oxygen atoms in total. The Morgan fingerprint density at radius 2 is 1.82 bits per heavy atom. The van der Waals surface area contributed by atoms with Crippen molar-refractivity contribution < 1.29 is 9.90 Å². The number of amides is 1. The van der Waals surface area contributed by atoms with E-state index >= 15 is 0 Å². The number of rotatable bonds is 5. The fourth-order valence-corrected chi connectivity index (χ4v) is 3.02. The zero-order valence-electron chi connectivity index (χ0n) is 10.7. The Balaban J connectivity index is 1.51. The number of carbonyl (C=O) groups is 1. The zero-order chi connectivity index (χ0) is 12.1. The molecule has 0 unspecified atom stereocenters. The van der Waals surface area contributed by atoms with E-state index in [2.05, 4.69) is 5.32 Å². The van der Waals surface area contributed by atoms with E-state index in [1.807, 2.05) is 0 Å². The van der Waals surface area contributed by atoms with Crippen molar-refractivity contribution in [2.45, 2.75) is 63.9 Å². The molecule has 98 valence electrons. The molecule has 17 heavy (non-hydrogen) atoms. The van der Waals surface area contributed by atoms with Gasteiger partial charge in [-0.1, -0.05) is 32.1 Å². The molecule has 2 N–H and O–H groups in total. The average molecular weight is 239 g/mol. The highest BCUT2D eigenvalue weighted by molar-refractivity contribution is 5.75. The molecule has 0 heterocycles. The summed E-state index contributed by atoms with van der Waals surface area (Å²) in [5.41, 5.74) is 0. The predicted molar refractivity (Wildman–Crippen MR) is 67.5 cm³/mol. The largest absolute Gasteiger partial charge is 0.393 e. The van der Waals surface area contributed by atoms with E-state index in [0.29, 0.717) is 12.3 Å². The van der Waals surface area contributed by atoms with Gasteiger partial charge in [-0.2, -0.15) is 0 Å². The molecular formula is C14H25NO2. The third-order valence-corrected chi connectivity index (χ3v) is 4.30. The fraction of sp³-hybridized carbons (Fsp3) is 0.929. The first-order valence-corrected chi connectivity index (χ1v) is 7.19. The molecule has 0 radical (unpaired) electrons. The standard InChI is InChI=1S/C14H25NO2/c16-13-8-12(9-13)10-15-14(17)7-6-11-4-2-1-3-5-11/h11-13,16H,1-10H2,(H,15,17). The number of aliphatic hydroxyl groups is 1. The van der Waals surface area contributed by atoms with Gasteiger partial charge >= 0.3 is 0 Å². The van der Waals surface area contributed by atoms with Crippen LogP contribution in [0.15, 0.2) is 0 Å². The van der Waals surface area contributed by atoms with Gasteiger partial charge in [0.15, 0.2) is 0 Å². The normalized spacial score (nSPS) is 29.7. The van der Waals surface area contributed by atoms with Gasteiger partial charge in [0.05, 0.1) is 6.10 Å². The van der Waals surface area contributed by atoms with E-state index in [-0.39, 0.29) is 12.0 Å². The van der Waals surface area contributed by atoms with Gasteiger partial charge in [-0.25, -0.2) is 0 Å². The first-order chi connectivity index (χ1) is 8.24. The van der Waals surface area contributed by atoms with Crippen LogP contribution in [0.1, 0.15) is 57.8 Å². The second-order valence-electron chi connectivity index (χ2n) is 5.84. The summed E-state index contributed by atoms with van der Waals surface area (Å²) in [7, 11) is 0. The van der Waals surface area contributed by atoms with E-state index in [1.165, 1.54) is 32.1 Å². The lowest BCUT2D eigenvalue weighted by Gasteiger charge is -2.31. The van der Waals surface area contributed by atoms with E-state index in [4.69, 9.17) is 5.11 Å². The highest BCUT2D eigenvalue weighted by Crippen LogP contribution is 2.28. The molecule has 0 saturated heterocycles. The topological polar surface area (TPSA) is 49.3 Å². The van der Waals surface area contributed by atoms with Crippen LogP contribution in [-0.4, -0.2) is 23.7 Å². The van der Waals surface area contributed by atoms with Crippen molar-refractivity contribution in [3.05, 3.63) is 0 Å². The Morgan fingerprint density at radius 1 is 1.12 bits per heavy atom. The predicted octanol–water partition coefficient (Wildman–Crippen LogP) is 2.23. The lowest BCUT2D eigenvalue weighted by atomic mass is 9.82. The molecule has 2 saturated carbocycles. The number of hydrogen-bond acceptors (Lipinski definition) is 2. The second-order valence-corrected chi connectivity index (χ2v) is 5.84. The van der Waals surface area contributed by atoms with E-state index in [0.717, 1.165) is 31.7 Å². The maximum Gasteiger partial charge on any atom is 0.220 e. The molecule has 2 aliphatic carbocycles. The molecule has 0 bridgehead atoms. The Bertz CT molecular complexity index is 243. The van der Waals surface area contributed by atoms with Gasteiger partial charge in [0.1, 0.15) is 0 Å². The summed E-state index contributed by atoms with van der Waals surface area (Å²) in [6.45, 7) is 0.764. The highest BCUT2D eigenvalue weighted by Gasteiger charge is 2.27. The number of hydrogen-bond donors (Lipinski definition) is 2. The summed E-state index contributed by atoms with van der Waals surface area (Å²) >= 11 is 0. The van der Waals surface area contributed by atoms with Crippen LogP contribution in [-0.2, 0) is 4.79 Å². The minimum Gasteiger partial charge on any atom is -0.393 e. The van der Waals surface area contributed by atoms with Gasteiger partial charge in [0.2, 0.25) is 5.91 Å². The van der Waals surface area contributed by atoms with Crippen molar-refractivity contribution in [3.8, 4) is 0 Å². The summed E-state index contributed by atoms with van der Waals surface area (Å²) in [4.78, 5) is 11.6. The monoisotopic (exact) mass is 239 g/mol. The molecular weight excluding hydrogens is 214 g/mol. The van der Waals surface area contributed by atoms with Gasteiger partial charge in [-0.15, -0.1) is 0 Å². The Morgan fingerprint density at radius 3 is 2.47 bits per heavy atom. The van der Waals surface area contributed by atoms with Gasteiger partial charge in [0, 0.05) is 13.0 Å². The first-order valence-electron chi connectivity index (χ1n) is 7.19. The molecule has 0 aromatic rings. The van der Waals surface area contributed by atoms with Crippen molar-refractivity contribution >= 4 is 5.91 Å². The third kappa shape index (κ3) is 4.30. The quantitative estimate of drug-likeness (QED) is 0.773. The minimum atomic E-state index is -0.112. The second kappa shape index (κ2) is 6.39. The Kier molecular flexibility index (Phi) is 4.84. The van der Waals surface area contributed by atoms with Crippen LogP contribution in [0.5, 0.6) is 0 Å². The lowest BCUT2D eigenvalue weighted by Crippen LogP contribution is -2.38. The molecule has 2 aliphatic rings. The van der Waals surface area contributed by atoms with Gasteiger partial charge < -0.3 is 10.4 Å². The molecule has 1 amide bonds. The Hall–Kier alpha value is -0.570. The number of nitrogens with one attached hydrogen (secondary N) is 1. The van der Waals surface area contributed by atoms with Crippen molar-refractivity contribution in [2.24, 2.45) is 11.8 Å². The van der Waals surface area contributed by atoms with E-state index in [1.54, 1.807) is 0 Å². The first kappa shape index (κ1) is 12.9. The molecule has 0 aromatic carbocycles.